The summed E-state index contributed by atoms with van der Waals surface area (Å²) in [7, 11) is 0. The van der Waals surface area contributed by atoms with Gasteiger partial charge >= 0.3 is 0 Å². The number of nitrogens with zero attached hydrogens (tertiary/aromatic N) is 1. The Morgan fingerprint density at radius 3 is 2.94 bits per heavy atom. The number of carbonyl (C=O) groups excluding carboxylic acids is 1. The van der Waals surface area contributed by atoms with E-state index in [-0.39, 0.29) is 11.9 Å². The Balaban J connectivity index is 2.07. The molecular formula is C11H11IN2OS2. The van der Waals surface area contributed by atoms with Crippen LogP contribution < -0.4 is 5.32 Å². The zero-order valence-electron chi connectivity index (χ0n) is 9.14. The first-order valence-corrected chi connectivity index (χ1v) is 7.98. The molecule has 2 heterocycles. The molecule has 1 atom stereocenters. The molecule has 0 aliphatic rings. The van der Waals surface area contributed by atoms with E-state index in [2.05, 4.69) is 32.9 Å². The fourth-order valence-electron chi connectivity index (χ4n) is 1.42. The van der Waals surface area contributed by atoms with Gasteiger partial charge in [-0.15, -0.1) is 22.7 Å². The number of hydrogen-bond acceptors (Lipinski definition) is 4. The Kier molecular flexibility index (Phi) is 4.52. The summed E-state index contributed by atoms with van der Waals surface area (Å²) in [4.78, 5) is 16.2. The minimum absolute atomic E-state index is 0.0139. The van der Waals surface area contributed by atoms with Crippen LogP contribution in [-0.4, -0.2) is 10.9 Å². The lowest BCUT2D eigenvalue weighted by molar-refractivity contribution is 0.0936. The number of amides is 1. The predicted molar refractivity (Wildman–Crippen MR) is 79.6 cm³/mol. The number of nitrogens with one attached hydrogen (secondary N) is 1. The van der Waals surface area contributed by atoms with E-state index in [0.717, 1.165) is 19.9 Å². The van der Waals surface area contributed by atoms with Crippen LogP contribution in [0.25, 0.3) is 0 Å². The van der Waals surface area contributed by atoms with Crippen LogP contribution in [0.1, 0.15) is 34.8 Å². The van der Waals surface area contributed by atoms with Gasteiger partial charge in [-0.3, -0.25) is 4.79 Å². The van der Waals surface area contributed by atoms with Gasteiger partial charge in [-0.25, -0.2) is 4.98 Å². The predicted octanol–water partition coefficient (Wildman–Crippen LogP) is 3.69. The Bertz CT molecular complexity index is 495. The SMILES string of the molecule is CCC(NC(=O)c1csc(I)c1)c1nccs1. The number of aromatic nitrogens is 1. The van der Waals surface area contributed by atoms with E-state index in [0.29, 0.717) is 0 Å². The number of rotatable bonds is 4. The van der Waals surface area contributed by atoms with Gasteiger partial charge in [0, 0.05) is 17.0 Å². The molecule has 0 bridgehead atoms. The molecule has 1 amide bonds. The van der Waals surface area contributed by atoms with Gasteiger partial charge in [-0.2, -0.15) is 0 Å². The van der Waals surface area contributed by atoms with Crippen LogP contribution in [-0.2, 0) is 0 Å². The quantitative estimate of drug-likeness (QED) is 0.825. The van der Waals surface area contributed by atoms with E-state index in [4.69, 9.17) is 0 Å². The van der Waals surface area contributed by atoms with Crippen molar-refractivity contribution in [3.8, 4) is 0 Å². The van der Waals surface area contributed by atoms with Crippen LogP contribution in [0.3, 0.4) is 0 Å². The van der Waals surface area contributed by atoms with Gasteiger partial charge in [0.1, 0.15) is 5.01 Å². The summed E-state index contributed by atoms with van der Waals surface area (Å²) in [5.74, 6) is -0.0220. The molecular weight excluding hydrogens is 367 g/mol. The lowest BCUT2D eigenvalue weighted by Gasteiger charge is -2.13. The summed E-state index contributed by atoms with van der Waals surface area (Å²) in [6.07, 6.45) is 2.61. The molecule has 0 saturated carbocycles. The molecule has 90 valence electrons. The molecule has 3 nitrogen and oxygen atoms in total. The summed E-state index contributed by atoms with van der Waals surface area (Å²) in [6.45, 7) is 2.05. The molecule has 6 heteroatoms. The van der Waals surface area contributed by atoms with Gasteiger partial charge in [0.05, 0.1) is 14.5 Å². The average molecular weight is 378 g/mol. The lowest BCUT2D eigenvalue weighted by atomic mass is 10.2. The van der Waals surface area contributed by atoms with Crippen molar-refractivity contribution in [2.75, 3.05) is 0 Å². The first-order valence-electron chi connectivity index (χ1n) is 5.15. The number of thiophene rings is 1. The number of carbonyl (C=O) groups is 1. The summed E-state index contributed by atoms with van der Waals surface area (Å²) in [6, 6.07) is 1.91. The van der Waals surface area contributed by atoms with Gasteiger partial charge in [0.25, 0.3) is 5.91 Å². The molecule has 0 aliphatic carbocycles. The zero-order chi connectivity index (χ0) is 12.3. The van der Waals surface area contributed by atoms with Crippen LogP contribution in [0.15, 0.2) is 23.0 Å². The summed E-state index contributed by atoms with van der Waals surface area (Å²) >= 11 is 5.37. The van der Waals surface area contributed by atoms with Crippen molar-refractivity contribution in [1.29, 1.82) is 0 Å². The molecule has 2 aromatic heterocycles. The first kappa shape index (κ1) is 13.0. The van der Waals surface area contributed by atoms with Crippen molar-refractivity contribution in [3.05, 3.63) is 36.5 Å². The van der Waals surface area contributed by atoms with Crippen molar-refractivity contribution in [3.63, 3.8) is 0 Å². The Hall–Kier alpha value is -0.470. The molecule has 0 aliphatic heterocycles. The topological polar surface area (TPSA) is 42.0 Å². The van der Waals surface area contributed by atoms with Crippen LogP contribution in [0.4, 0.5) is 0 Å². The van der Waals surface area contributed by atoms with Gasteiger partial charge in [0.2, 0.25) is 0 Å². The Morgan fingerprint density at radius 2 is 2.41 bits per heavy atom. The molecule has 0 aromatic carbocycles. The van der Waals surface area contributed by atoms with E-state index in [9.17, 15) is 4.79 Å². The maximum atomic E-state index is 12.0. The molecule has 0 fully saturated rings. The second kappa shape index (κ2) is 5.92. The van der Waals surface area contributed by atoms with E-state index in [1.54, 1.807) is 28.9 Å². The van der Waals surface area contributed by atoms with E-state index < -0.39 is 0 Å². The van der Waals surface area contributed by atoms with Gasteiger partial charge in [-0.1, -0.05) is 6.92 Å². The highest BCUT2D eigenvalue weighted by Crippen LogP contribution is 2.21. The molecule has 2 aromatic rings. The van der Waals surface area contributed by atoms with Gasteiger partial charge in [0.15, 0.2) is 0 Å². The van der Waals surface area contributed by atoms with Crippen LogP contribution in [0, 0.1) is 2.88 Å². The second-order valence-electron chi connectivity index (χ2n) is 3.44. The van der Waals surface area contributed by atoms with E-state index in [1.807, 2.05) is 23.8 Å². The Morgan fingerprint density at radius 1 is 1.59 bits per heavy atom. The van der Waals surface area contributed by atoms with Gasteiger partial charge in [-0.05, 0) is 35.1 Å². The summed E-state index contributed by atoms with van der Waals surface area (Å²) < 4.78 is 1.12. The molecule has 17 heavy (non-hydrogen) atoms. The molecule has 0 radical (unpaired) electrons. The fourth-order valence-corrected chi connectivity index (χ4v) is 3.51. The smallest absolute Gasteiger partial charge is 0.252 e. The highest BCUT2D eigenvalue weighted by Gasteiger charge is 2.16. The number of hydrogen-bond donors (Lipinski definition) is 1. The summed E-state index contributed by atoms with van der Waals surface area (Å²) in [5, 5.41) is 7.78. The van der Waals surface area contributed by atoms with E-state index in [1.165, 1.54) is 0 Å². The number of thiazole rings is 1. The fraction of sp³-hybridized carbons (Fsp3) is 0.273. The third-order valence-corrected chi connectivity index (χ3v) is 4.97. The van der Waals surface area contributed by atoms with Crippen molar-refractivity contribution < 1.29 is 4.79 Å². The summed E-state index contributed by atoms with van der Waals surface area (Å²) in [5.41, 5.74) is 0.731. The van der Waals surface area contributed by atoms with Crippen molar-refractivity contribution in [2.45, 2.75) is 19.4 Å². The van der Waals surface area contributed by atoms with Crippen LogP contribution in [0.2, 0.25) is 0 Å². The van der Waals surface area contributed by atoms with Crippen molar-refractivity contribution in [2.24, 2.45) is 0 Å². The minimum Gasteiger partial charge on any atom is -0.343 e. The van der Waals surface area contributed by atoms with Crippen LogP contribution in [0.5, 0.6) is 0 Å². The number of halogens is 1. The molecule has 0 spiro atoms. The Labute approximate surface area is 121 Å². The average Bonchev–Trinajstić information content (AvgIpc) is 2.96. The second-order valence-corrected chi connectivity index (χ2v) is 7.18. The largest absolute Gasteiger partial charge is 0.343 e. The standard InChI is InChI=1S/C11H11IN2OS2/c1-2-8(11-13-3-4-16-11)14-10(15)7-5-9(12)17-6-7/h3-6,8H,2H2,1H3,(H,14,15). The highest BCUT2D eigenvalue weighted by atomic mass is 127. The normalized spacial score (nSPS) is 12.4. The maximum absolute atomic E-state index is 12.0. The lowest BCUT2D eigenvalue weighted by Crippen LogP contribution is -2.27. The van der Waals surface area contributed by atoms with E-state index >= 15 is 0 Å². The molecule has 0 saturated heterocycles. The van der Waals surface area contributed by atoms with Crippen molar-refractivity contribution >= 4 is 51.2 Å². The molecule has 1 unspecified atom stereocenters. The molecule has 2 rings (SSSR count). The third kappa shape index (κ3) is 3.26. The van der Waals surface area contributed by atoms with Gasteiger partial charge < -0.3 is 5.32 Å². The third-order valence-electron chi connectivity index (χ3n) is 2.29. The van der Waals surface area contributed by atoms with Crippen LogP contribution >= 0.6 is 45.3 Å². The zero-order valence-corrected chi connectivity index (χ0v) is 12.9. The first-order chi connectivity index (χ1) is 8.20. The highest BCUT2D eigenvalue weighted by molar-refractivity contribution is 14.1. The monoisotopic (exact) mass is 378 g/mol. The van der Waals surface area contributed by atoms with Crippen molar-refractivity contribution in [1.82, 2.24) is 10.3 Å². The minimum atomic E-state index is -0.0220. The molecule has 1 N–H and O–H groups in total. The maximum Gasteiger partial charge on any atom is 0.252 e.